The van der Waals surface area contributed by atoms with Crippen LogP contribution in [-0.4, -0.2) is 28.4 Å². The van der Waals surface area contributed by atoms with Crippen molar-refractivity contribution in [2.24, 2.45) is 0 Å². The minimum absolute atomic E-state index is 0.472. The molecule has 0 fully saturated rings. The molecule has 1 heterocycles. The molecule has 0 saturated carbocycles. The minimum atomic E-state index is -3.47. The Labute approximate surface area is 110 Å². The van der Waals surface area contributed by atoms with Crippen LogP contribution in [0.25, 0.3) is 0 Å². The summed E-state index contributed by atoms with van der Waals surface area (Å²) < 4.78 is 26.7. The highest BCUT2D eigenvalue weighted by atomic mass is 35.5. The normalized spacial score (nSPS) is 11.4. The molecule has 0 unspecified atom stereocenters. The third-order valence-electron chi connectivity index (χ3n) is 2.16. The lowest BCUT2D eigenvalue weighted by Gasteiger charge is -2.07. The molecule has 0 aliphatic carbocycles. The summed E-state index contributed by atoms with van der Waals surface area (Å²) in [6, 6.07) is 7.03. The summed E-state index contributed by atoms with van der Waals surface area (Å²) in [7, 11) is -3.47. The number of benzene rings is 1. The van der Waals surface area contributed by atoms with Crippen LogP contribution >= 0.6 is 11.6 Å². The molecule has 18 heavy (non-hydrogen) atoms. The van der Waals surface area contributed by atoms with E-state index in [1.54, 1.807) is 29.2 Å². The predicted octanol–water partition coefficient (Wildman–Crippen LogP) is 1.26. The Morgan fingerprint density at radius 3 is 2.89 bits per heavy atom. The number of rotatable bonds is 5. The predicted molar refractivity (Wildman–Crippen MR) is 68.8 cm³/mol. The second-order valence-corrected chi connectivity index (χ2v) is 5.93. The average Bonchev–Trinajstić information content (AvgIpc) is 2.82. The van der Waals surface area contributed by atoms with Crippen LogP contribution in [0.3, 0.4) is 0 Å². The van der Waals surface area contributed by atoms with Crippen molar-refractivity contribution in [1.29, 1.82) is 0 Å². The van der Waals surface area contributed by atoms with E-state index in [-0.39, 0.29) is 0 Å². The number of nitrogens with one attached hydrogen (secondary N) is 1. The van der Waals surface area contributed by atoms with Gasteiger partial charge >= 0.3 is 0 Å². The van der Waals surface area contributed by atoms with Crippen LogP contribution < -0.4 is 4.72 Å². The van der Waals surface area contributed by atoms with E-state index in [0.717, 1.165) is 5.56 Å². The van der Waals surface area contributed by atoms with Crippen molar-refractivity contribution in [3.63, 3.8) is 0 Å². The fourth-order valence-electron chi connectivity index (χ4n) is 1.44. The first kappa shape index (κ1) is 12.8. The molecular formula is C10H11ClN4O2S. The molecule has 0 aliphatic heterocycles. The summed E-state index contributed by atoms with van der Waals surface area (Å²) in [6.07, 6.45) is 3.04. The van der Waals surface area contributed by atoms with Gasteiger partial charge in [0.15, 0.2) is 0 Å². The second-order valence-electron chi connectivity index (χ2n) is 3.62. The zero-order valence-electron chi connectivity index (χ0n) is 9.32. The number of aromatic nitrogens is 3. The van der Waals surface area contributed by atoms with Crippen LogP contribution in [0.2, 0.25) is 0 Å². The summed E-state index contributed by atoms with van der Waals surface area (Å²) in [4.78, 5) is 3.84. The molecule has 0 atom stereocenters. The van der Waals surface area contributed by atoms with Gasteiger partial charge in [-0.1, -0.05) is 12.1 Å². The Morgan fingerprint density at radius 2 is 2.22 bits per heavy atom. The van der Waals surface area contributed by atoms with Crippen molar-refractivity contribution >= 4 is 27.3 Å². The number of alkyl halides is 1. The van der Waals surface area contributed by atoms with Crippen molar-refractivity contribution in [1.82, 2.24) is 14.8 Å². The highest BCUT2D eigenvalue weighted by Crippen LogP contribution is 2.13. The van der Waals surface area contributed by atoms with Gasteiger partial charge in [0.2, 0.25) is 10.0 Å². The van der Waals surface area contributed by atoms with Crippen LogP contribution in [0.15, 0.2) is 36.9 Å². The largest absolute Gasteiger partial charge is 0.283 e. The van der Waals surface area contributed by atoms with Crippen LogP contribution in [0.5, 0.6) is 0 Å². The Balaban J connectivity index is 2.15. The summed E-state index contributed by atoms with van der Waals surface area (Å²) >= 11 is 5.33. The summed E-state index contributed by atoms with van der Waals surface area (Å²) in [5.74, 6) is 0. The van der Waals surface area contributed by atoms with Gasteiger partial charge < -0.3 is 0 Å². The van der Waals surface area contributed by atoms with Gasteiger partial charge in [-0.3, -0.25) is 4.72 Å². The Hall–Kier alpha value is -1.60. The zero-order valence-corrected chi connectivity index (χ0v) is 10.9. The molecule has 0 amide bonds. The van der Waals surface area contributed by atoms with E-state index in [0.29, 0.717) is 12.2 Å². The fourth-order valence-corrected chi connectivity index (χ4v) is 2.15. The van der Waals surface area contributed by atoms with Gasteiger partial charge in [-0.2, -0.15) is 5.10 Å². The van der Waals surface area contributed by atoms with Gasteiger partial charge in [-0.05, 0) is 17.7 Å². The number of hydrogen-bond donors (Lipinski definition) is 1. The first-order valence-electron chi connectivity index (χ1n) is 5.07. The standard InChI is InChI=1S/C10H11ClN4O2S/c11-6-18(16,17)14-10-3-1-2-9(4-10)5-15-8-12-7-13-15/h1-4,7-8,14H,5-6H2. The maximum atomic E-state index is 11.3. The molecule has 1 aromatic carbocycles. The van der Waals surface area contributed by atoms with Gasteiger partial charge in [-0.25, -0.2) is 18.1 Å². The lowest BCUT2D eigenvalue weighted by atomic mass is 10.2. The second kappa shape index (κ2) is 5.36. The molecule has 0 spiro atoms. The lowest BCUT2D eigenvalue weighted by molar-refractivity contribution is 0.605. The molecule has 2 aromatic rings. The molecule has 1 aromatic heterocycles. The van der Waals surface area contributed by atoms with Crippen molar-refractivity contribution in [2.75, 3.05) is 9.93 Å². The maximum Gasteiger partial charge on any atom is 0.246 e. The van der Waals surface area contributed by atoms with Crippen LogP contribution in [0.4, 0.5) is 5.69 Å². The van der Waals surface area contributed by atoms with E-state index < -0.39 is 15.2 Å². The maximum absolute atomic E-state index is 11.3. The zero-order chi connectivity index (χ0) is 13.0. The van der Waals surface area contributed by atoms with Crippen LogP contribution in [0.1, 0.15) is 5.56 Å². The Bertz CT molecular complexity index is 613. The first-order valence-corrected chi connectivity index (χ1v) is 7.25. The number of sulfonamides is 1. The molecule has 0 aliphatic rings. The Kier molecular flexibility index (Phi) is 3.83. The molecule has 2 rings (SSSR count). The topological polar surface area (TPSA) is 76.9 Å². The SMILES string of the molecule is O=S(=O)(CCl)Nc1cccc(Cn2cncn2)c1. The average molecular weight is 287 g/mol. The molecule has 96 valence electrons. The van der Waals surface area contributed by atoms with E-state index in [4.69, 9.17) is 11.6 Å². The van der Waals surface area contributed by atoms with E-state index in [1.807, 2.05) is 6.07 Å². The quantitative estimate of drug-likeness (QED) is 0.840. The van der Waals surface area contributed by atoms with E-state index in [9.17, 15) is 8.42 Å². The molecule has 0 radical (unpaired) electrons. The molecule has 1 N–H and O–H groups in total. The van der Waals surface area contributed by atoms with E-state index in [1.165, 1.54) is 6.33 Å². The highest BCUT2D eigenvalue weighted by molar-refractivity contribution is 7.93. The third-order valence-corrected chi connectivity index (χ3v) is 3.85. The number of halogens is 1. The molecular weight excluding hydrogens is 276 g/mol. The summed E-state index contributed by atoms with van der Waals surface area (Å²) in [5, 5.41) is 3.51. The first-order chi connectivity index (χ1) is 8.59. The third kappa shape index (κ3) is 3.44. The monoisotopic (exact) mass is 286 g/mol. The number of anilines is 1. The van der Waals surface area contributed by atoms with E-state index in [2.05, 4.69) is 14.8 Å². The van der Waals surface area contributed by atoms with Crippen molar-refractivity contribution in [3.8, 4) is 0 Å². The lowest BCUT2D eigenvalue weighted by Crippen LogP contribution is -2.13. The Morgan fingerprint density at radius 1 is 1.39 bits per heavy atom. The minimum Gasteiger partial charge on any atom is -0.283 e. The van der Waals surface area contributed by atoms with Crippen LogP contribution in [0, 0.1) is 0 Å². The summed E-state index contributed by atoms with van der Waals surface area (Å²) in [5.41, 5.74) is 1.39. The van der Waals surface area contributed by atoms with Crippen LogP contribution in [-0.2, 0) is 16.6 Å². The van der Waals surface area contributed by atoms with Gasteiger partial charge in [-0.15, -0.1) is 11.6 Å². The van der Waals surface area contributed by atoms with E-state index >= 15 is 0 Å². The van der Waals surface area contributed by atoms with Gasteiger partial charge in [0, 0.05) is 5.69 Å². The number of hydrogen-bond acceptors (Lipinski definition) is 4. The summed E-state index contributed by atoms with van der Waals surface area (Å²) in [6.45, 7) is 0.524. The molecule has 0 bridgehead atoms. The van der Waals surface area contributed by atoms with Crippen molar-refractivity contribution < 1.29 is 8.42 Å². The van der Waals surface area contributed by atoms with Gasteiger partial charge in [0.1, 0.15) is 17.9 Å². The molecule has 0 saturated heterocycles. The van der Waals surface area contributed by atoms with Crippen molar-refractivity contribution in [2.45, 2.75) is 6.54 Å². The molecule has 6 nitrogen and oxygen atoms in total. The van der Waals surface area contributed by atoms with Gasteiger partial charge in [0.25, 0.3) is 0 Å². The fraction of sp³-hybridized carbons (Fsp3) is 0.200. The molecule has 8 heteroatoms. The van der Waals surface area contributed by atoms with Gasteiger partial charge in [0.05, 0.1) is 6.54 Å². The number of nitrogens with zero attached hydrogens (tertiary/aromatic N) is 3. The smallest absolute Gasteiger partial charge is 0.246 e. The highest BCUT2D eigenvalue weighted by Gasteiger charge is 2.08. The van der Waals surface area contributed by atoms with Crippen molar-refractivity contribution in [3.05, 3.63) is 42.5 Å².